The summed E-state index contributed by atoms with van der Waals surface area (Å²) in [5.74, 6) is 1.34. The van der Waals surface area contributed by atoms with E-state index in [1.54, 1.807) is 0 Å². The van der Waals surface area contributed by atoms with Crippen LogP contribution in [0.3, 0.4) is 0 Å². The standard InChI is InChI=1S/C43H27N3O/c1-3-11-28(12-4-1)39-27-40(29-13-5-2-6-14-29)45-42(44-39)37-24-23-34(35-15-7-8-16-36(35)37)32-21-19-31-26-33(22-20-30(31)25-32)43-46-38-17-9-10-18-41(38)47-43/h1-27H. The van der Waals surface area contributed by atoms with E-state index in [9.17, 15) is 0 Å². The van der Waals surface area contributed by atoms with E-state index in [-0.39, 0.29) is 0 Å². The van der Waals surface area contributed by atoms with Crippen molar-refractivity contribution in [3.8, 4) is 56.5 Å². The molecular formula is C43H27N3O. The summed E-state index contributed by atoms with van der Waals surface area (Å²) in [5, 5.41) is 4.55. The fourth-order valence-electron chi connectivity index (χ4n) is 6.37. The number of fused-ring (bicyclic) bond motifs is 3. The number of benzene rings is 7. The zero-order valence-corrected chi connectivity index (χ0v) is 25.3. The van der Waals surface area contributed by atoms with Gasteiger partial charge >= 0.3 is 0 Å². The van der Waals surface area contributed by atoms with Crippen molar-refractivity contribution in [2.45, 2.75) is 0 Å². The number of oxazole rings is 1. The molecule has 0 bridgehead atoms. The van der Waals surface area contributed by atoms with E-state index >= 15 is 0 Å². The van der Waals surface area contributed by atoms with Gasteiger partial charge in [0.1, 0.15) is 5.52 Å². The molecule has 0 amide bonds. The van der Waals surface area contributed by atoms with Crippen molar-refractivity contribution in [1.82, 2.24) is 15.0 Å². The van der Waals surface area contributed by atoms with Crippen molar-refractivity contribution in [2.24, 2.45) is 0 Å². The first-order valence-electron chi connectivity index (χ1n) is 15.7. The fourth-order valence-corrected chi connectivity index (χ4v) is 6.37. The van der Waals surface area contributed by atoms with Crippen molar-refractivity contribution < 1.29 is 4.42 Å². The molecule has 0 saturated heterocycles. The normalized spacial score (nSPS) is 11.4. The molecule has 0 atom stereocenters. The van der Waals surface area contributed by atoms with Crippen LogP contribution in [0.4, 0.5) is 0 Å². The van der Waals surface area contributed by atoms with E-state index in [1.165, 1.54) is 0 Å². The van der Waals surface area contributed by atoms with Crippen LogP contribution < -0.4 is 0 Å². The van der Waals surface area contributed by atoms with Crippen LogP contribution in [0.25, 0.3) is 89.1 Å². The van der Waals surface area contributed by atoms with Crippen LogP contribution in [-0.2, 0) is 0 Å². The average molecular weight is 602 g/mol. The summed E-state index contributed by atoms with van der Waals surface area (Å²) in [7, 11) is 0. The summed E-state index contributed by atoms with van der Waals surface area (Å²) < 4.78 is 6.04. The Labute approximate surface area is 271 Å². The zero-order chi connectivity index (χ0) is 31.2. The maximum absolute atomic E-state index is 6.04. The minimum atomic E-state index is 0.632. The Kier molecular flexibility index (Phi) is 6.43. The van der Waals surface area contributed by atoms with Gasteiger partial charge in [-0.1, -0.05) is 121 Å². The van der Waals surface area contributed by atoms with Gasteiger partial charge in [-0.3, -0.25) is 0 Å². The maximum atomic E-state index is 6.04. The molecule has 4 nitrogen and oxygen atoms in total. The van der Waals surface area contributed by atoms with Crippen LogP contribution in [0.15, 0.2) is 168 Å². The predicted octanol–water partition coefficient (Wildman–Crippen LogP) is 11.3. The van der Waals surface area contributed by atoms with Crippen LogP contribution in [0.1, 0.15) is 0 Å². The van der Waals surface area contributed by atoms with Gasteiger partial charge in [-0.15, -0.1) is 0 Å². The van der Waals surface area contributed by atoms with Gasteiger partial charge in [0.2, 0.25) is 5.89 Å². The lowest BCUT2D eigenvalue weighted by Gasteiger charge is -2.14. The summed E-state index contributed by atoms with van der Waals surface area (Å²) in [4.78, 5) is 14.9. The van der Waals surface area contributed by atoms with Gasteiger partial charge in [-0.05, 0) is 75.1 Å². The van der Waals surface area contributed by atoms with Crippen molar-refractivity contribution in [3.63, 3.8) is 0 Å². The number of aromatic nitrogens is 3. The molecule has 0 spiro atoms. The van der Waals surface area contributed by atoms with Crippen molar-refractivity contribution in [1.29, 1.82) is 0 Å². The van der Waals surface area contributed by atoms with Gasteiger partial charge in [-0.2, -0.15) is 0 Å². The molecule has 2 heterocycles. The van der Waals surface area contributed by atoms with E-state index < -0.39 is 0 Å². The van der Waals surface area contributed by atoms with E-state index in [0.717, 1.165) is 77.4 Å². The number of hydrogen-bond donors (Lipinski definition) is 0. The first-order chi connectivity index (χ1) is 23.3. The first kappa shape index (κ1) is 27.0. The van der Waals surface area contributed by atoms with Gasteiger partial charge in [0.25, 0.3) is 0 Å². The third kappa shape index (κ3) is 4.93. The van der Waals surface area contributed by atoms with Crippen LogP contribution in [0.2, 0.25) is 0 Å². The summed E-state index contributed by atoms with van der Waals surface area (Å²) in [6.07, 6.45) is 0. The van der Waals surface area contributed by atoms with Gasteiger partial charge in [0.05, 0.1) is 11.4 Å². The molecule has 0 N–H and O–H groups in total. The highest BCUT2D eigenvalue weighted by Gasteiger charge is 2.16. The Morgan fingerprint density at radius 2 is 0.936 bits per heavy atom. The van der Waals surface area contributed by atoms with Gasteiger partial charge in [-0.25, -0.2) is 15.0 Å². The summed E-state index contributed by atoms with van der Waals surface area (Å²) in [5.41, 5.74) is 9.85. The highest BCUT2D eigenvalue weighted by molar-refractivity contribution is 6.05. The lowest BCUT2D eigenvalue weighted by molar-refractivity contribution is 0.620. The van der Waals surface area contributed by atoms with Crippen molar-refractivity contribution >= 4 is 32.6 Å². The molecule has 0 aliphatic carbocycles. The fraction of sp³-hybridized carbons (Fsp3) is 0. The lowest BCUT2D eigenvalue weighted by Crippen LogP contribution is -1.97. The molecule has 0 aliphatic heterocycles. The van der Waals surface area contributed by atoms with Gasteiger partial charge in [0, 0.05) is 22.3 Å². The van der Waals surface area contributed by atoms with Crippen LogP contribution in [-0.4, -0.2) is 15.0 Å². The first-order valence-corrected chi connectivity index (χ1v) is 15.7. The van der Waals surface area contributed by atoms with Crippen LogP contribution >= 0.6 is 0 Å². The second-order valence-corrected chi connectivity index (χ2v) is 11.7. The van der Waals surface area contributed by atoms with E-state index in [0.29, 0.717) is 11.7 Å². The minimum absolute atomic E-state index is 0.632. The molecule has 7 aromatic carbocycles. The Bertz CT molecular complexity index is 2480. The monoisotopic (exact) mass is 601 g/mol. The minimum Gasteiger partial charge on any atom is -0.436 e. The maximum Gasteiger partial charge on any atom is 0.227 e. The van der Waals surface area contributed by atoms with Crippen molar-refractivity contribution in [3.05, 3.63) is 164 Å². The smallest absolute Gasteiger partial charge is 0.227 e. The third-order valence-corrected chi connectivity index (χ3v) is 8.72. The Balaban J connectivity index is 1.15. The highest BCUT2D eigenvalue weighted by atomic mass is 16.3. The number of nitrogens with zero attached hydrogens (tertiary/aromatic N) is 3. The van der Waals surface area contributed by atoms with Gasteiger partial charge < -0.3 is 4.42 Å². The number of hydrogen-bond acceptors (Lipinski definition) is 4. The molecule has 9 rings (SSSR count). The quantitative estimate of drug-likeness (QED) is 0.197. The summed E-state index contributed by atoms with van der Waals surface area (Å²) in [6, 6.07) is 56.5. The Hall–Kier alpha value is -6.39. The van der Waals surface area contributed by atoms with E-state index in [1.807, 2.05) is 60.7 Å². The molecule has 220 valence electrons. The largest absolute Gasteiger partial charge is 0.436 e. The van der Waals surface area contributed by atoms with Gasteiger partial charge in [0.15, 0.2) is 11.4 Å². The molecule has 0 saturated carbocycles. The Morgan fingerprint density at radius 3 is 1.62 bits per heavy atom. The summed E-state index contributed by atoms with van der Waals surface area (Å²) in [6.45, 7) is 0. The highest BCUT2D eigenvalue weighted by Crippen LogP contribution is 2.37. The van der Waals surface area contributed by atoms with Crippen molar-refractivity contribution in [2.75, 3.05) is 0 Å². The summed E-state index contributed by atoms with van der Waals surface area (Å²) >= 11 is 0. The van der Waals surface area contributed by atoms with Crippen LogP contribution in [0.5, 0.6) is 0 Å². The molecule has 0 aliphatic rings. The Morgan fingerprint density at radius 1 is 0.383 bits per heavy atom. The molecule has 47 heavy (non-hydrogen) atoms. The number of para-hydroxylation sites is 2. The molecule has 4 heteroatoms. The molecule has 0 unspecified atom stereocenters. The average Bonchev–Trinajstić information content (AvgIpc) is 3.59. The molecule has 0 fully saturated rings. The zero-order valence-electron chi connectivity index (χ0n) is 25.3. The second-order valence-electron chi connectivity index (χ2n) is 11.7. The topological polar surface area (TPSA) is 51.8 Å². The number of rotatable bonds is 5. The molecule has 9 aromatic rings. The van der Waals surface area contributed by atoms with E-state index in [4.69, 9.17) is 19.4 Å². The van der Waals surface area contributed by atoms with Crippen LogP contribution in [0, 0.1) is 0 Å². The second kappa shape index (κ2) is 11.2. The molecule has 2 aromatic heterocycles. The third-order valence-electron chi connectivity index (χ3n) is 8.72. The van der Waals surface area contributed by atoms with E-state index in [2.05, 4.69) is 103 Å². The molecular weight excluding hydrogens is 574 g/mol. The predicted molar refractivity (Wildman–Crippen MR) is 192 cm³/mol. The SMILES string of the molecule is c1ccc(-c2cc(-c3ccccc3)nc(-c3ccc(-c4ccc5cc(-c6nc7ccccc7o6)ccc5c4)c4ccccc34)n2)cc1. The molecule has 0 radical (unpaired) electrons. The lowest BCUT2D eigenvalue weighted by atomic mass is 9.93.